The number of aromatic amines is 1. The summed E-state index contributed by atoms with van der Waals surface area (Å²) in [4.78, 5) is 29.5. The molecule has 2 aromatic rings. The summed E-state index contributed by atoms with van der Waals surface area (Å²) in [5, 5.41) is 7.26. The van der Waals surface area contributed by atoms with E-state index in [0.29, 0.717) is 42.4 Å². The third-order valence-electron chi connectivity index (χ3n) is 6.66. The van der Waals surface area contributed by atoms with Gasteiger partial charge < -0.3 is 14.5 Å². The maximum atomic E-state index is 13.2. The number of carbonyl (C=O) groups is 2. The summed E-state index contributed by atoms with van der Waals surface area (Å²) in [6.45, 7) is 2.23. The van der Waals surface area contributed by atoms with Crippen molar-refractivity contribution in [2.24, 2.45) is 11.8 Å². The first-order valence-electron chi connectivity index (χ1n) is 10.4. The highest BCUT2D eigenvalue weighted by molar-refractivity contribution is 5.93. The molecule has 0 radical (unpaired) electrons. The lowest BCUT2D eigenvalue weighted by atomic mass is 9.76. The predicted octanol–water partition coefficient (Wildman–Crippen LogP) is 2.56. The summed E-state index contributed by atoms with van der Waals surface area (Å²) >= 11 is 0. The summed E-state index contributed by atoms with van der Waals surface area (Å²) in [6.07, 6.45) is 3.84. The monoisotopic (exact) mass is 394 g/mol. The second-order valence-electron chi connectivity index (χ2n) is 8.47. The Kier molecular flexibility index (Phi) is 4.53. The molecule has 1 aromatic carbocycles. The molecule has 3 aliphatic heterocycles. The number of methoxy groups -OCH3 is 1. The molecule has 1 unspecified atom stereocenters. The van der Waals surface area contributed by atoms with Gasteiger partial charge in [-0.1, -0.05) is 0 Å². The van der Waals surface area contributed by atoms with Gasteiger partial charge in [-0.2, -0.15) is 5.10 Å². The van der Waals surface area contributed by atoms with Crippen molar-refractivity contribution in [3.8, 4) is 17.0 Å². The largest absolute Gasteiger partial charge is 0.497 e. The number of piperidine rings is 3. The predicted molar refractivity (Wildman–Crippen MR) is 107 cm³/mol. The Morgan fingerprint density at radius 3 is 2.83 bits per heavy atom. The fourth-order valence-electron chi connectivity index (χ4n) is 5.29. The number of amides is 2. The zero-order valence-corrected chi connectivity index (χ0v) is 16.6. The van der Waals surface area contributed by atoms with E-state index in [1.807, 2.05) is 35.2 Å². The minimum absolute atomic E-state index is 0.00236. The standard InChI is InChI=1S/C22H26N4O3/c1-29-17-7-5-15(6-8-17)18-10-19(24-23-18)22(28)25-11-14-9-16(13-25)20-3-2-4-21(27)26(20)12-14/h5-8,10,14,16,20H,2-4,9,11-13H2,1H3,(H,23,24)/t14-,16+,20?/m1/s1. The van der Waals surface area contributed by atoms with Gasteiger partial charge in [0.2, 0.25) is 5.91 Å². The van der Waals surface area contributed by atoms with Gasteiger partial charge in [-0.25, -0.2) is 0 Å². The molecule has 3 aliphatic rings. The molecule has 7 heteroatoms. The van der Waals surface area contributed by atoms with Gasteiger partial charge in [-0.3, -0.25) is 14.7 Å². The summed E-state index contributed by atoms with van der Waals surface area (Å²) in [7, 11) is 1.64. The third kappa shape index (κ3) is 3.28. The Hall–Kier alpha value is -2.83. The number of likely N-dealkylation sites (tertiary alicyclic amines) is 1. The second-order valence-corrected chi connectivity index (χ2v) is 8.47. The van der Waals surface area contributed by atoms with E-state index in [0.717, 1.165) is 49.4 Å². The first-order valence-corrected chi connectivity index (χ1v) is 10.4. The van der Waals surface area contributed by atoms with E-state index in [-0.39, 0.29) is 5.91 Å². The Labute approximate surface area is 170 Å². The van der Waals surface area contributed by atoms with E-state index in [2.05, 4.69) is 15.1 Å². The van der Waals surface area contributed by atoms with Gasteiger partial charge in [0.05, 0.1) is 12.8 Å². The normalized spacial score (nSPS) is 26.2. The van der Waals surface area contributed by atoms with E-state index >= 15 is 0 Å². The molecular weight excluding hydrogens is 368 g/mol. The molecule has 152 valence electrons. The second kappa shape index (κ2) is 7.21. The van der Waals surface area contributed by atoms with Gasteiger partial charge in [0.15, 0.2) is 0 Å². The Bertz CT molecular complexity index is 922. The van der Waals surface area contributed by atoms with Crippen LogP contribution in [0.3, 0.4) is 0 Å². The molecule has 0 saturated carbocycles. The number of H-pyrrole nitrogens is 1. The molecule has 2 bridgehead atoms. The molecule has 3 saturated heterocycles. The van der Waals surface area contributed by atoms with Crippen molar-refractivity contribution in [3.05, 3.63) is 36.0 Å². The van der Waals surface area contributed by atoms with Gasteiger partial charge in [-0.05, 0) is 61.4 Å². The lowest BCUT2D eigenvalue weighted by Crippen LogP contribution is -2.61. The van der Waals surface area contributed by atoms with Crippen LogP contribution < -0.4 is 4.74 Å². The topological polar surface area (TPSA) is 78.5 Å². The van der Waals surface area contributed by atoms with Gasteiger partial charge in [0, 0.05) is 37.7 Å². The molecule has 3 atom stereocenters. The van der Waals surface area contributed by atoms with Gasteiger partial charge in [0.1, 0.15) is 11.4 Å². The number of benzene rings is 1. The maximum absolute atomic E-state index is 13.2. The van der Waals surface area contributed by atoms with Crippen LogP contribution in [-0.4, -0.2) is 64.6 Å². The number of ether oxygens (including phenoxy) is 1. The number of rotatable bonds is 3. The minimum Gasteiger partial charge on any atom is -0.497 e. The van der Waals surface area contributed by atoms with Crippen molar-refractivity contribution in [3.63, 3.8) is 0 Å². The van der Waals surface area contributed by atoms with E-state index in [9.17, 15) is 9.59 Å². The third-order valence-corrected chi connectivity index (χ3v) is 6.66. The van der Waals surface area contributed by atoms with Gasteiger partial charge >= 0.3 is 0 Å². The number of nitrogens with zero attached hydrogens (tertiary/aromatic N) is 3. The molecule has 4 heterocycles. The van der Waals surface area contributed by atoms with E-state index in [1.165, 1.54) is 0 Å². The first kappa shape index (κ1) is 18.2. The number of aromatic nitrogens is 2. The molecular formula is C22H26N4O3. The molecule has 0 spiro atoms. The minimum atomic E-state index is 0.00236. The lowest BCUT2D eigenvalue weighted by molar-refractivity contribution is -0.144. The quantitative estimate of drug-likeness (QED) is 0.868. The summed E-state index contributed by atoms with van der Waals surface area (Å²) < 4.78 is 5.19. The number of fused-ring (bicyclic) bond motifs is 4. The molecule has 1 aromatic heterocycles. The number of carbonyl (C=O) groups excluding carboxylic acids is 2. The first-order chi connectivity index (χ1) is 14.1. The zero-order chi connectivity index (χ0) is 20.0. The van der Waals surface area contributed by atoms with Crippen LogP contribution in [0.4, 0.5) is 0 Å². The number of hydrogen-bond donors (Lipinski definition) is 1. The van der Waals surface area contributed by atoms with Crippen LogP contribution >= 0.6 is 0 Å². The van der Waals surface area contributed by atoms with Crippen molar-refractivity contribution >= 4 is 11.8 Å². The smallest absolute Gasteiger partial charge is 0.271 e. The van der Waals surface area contributed by atoms with Crippen LogP contribution in [0.15, 0.2) is 30.3 Å². The highest BCUT2D eigenvalue weighted by atomic mass is 16.5. The maximum Gasteiger partial charge on any atom is 0.271 e. The van der Waals surface area contributed by atoms with Crippen molar-refractivity contribution in [1.82, 2.24) is 20.0 Å². The molecule has 0 aliphatic carbocycles. The van der Waals surface area contributed by atoms with Gasteiger partial charge in [0.25, 0.3) is 5.91 Å². The SMILES string of the molecule is COc1ccc(-c2cc(C(=O)N3C[C@H]4C[C@@H](C3)C3CCCC(=O)N3C4)[nH]n2)cc1. The van der Waals surface area contributed by atoms with Crippen LogP contribution in [0.1, 0.15) is 36.2 Å². The van der Waals surface area contributed by atoms with Crippen molar-refractivity contribution < 1.29 is 14.3 Å². The molecule has 7 nitrogen and oxygen atoms in total. The highest BCUT2D eigenvalue weighted by Gasteiger charge is 2.45. The Morgan fingerprint density at radius 2 is 2.03 bits per heavy atom. The van der Waals surface area contributed by atoms with Crippen molar-refractivity contribution in [2.75, 3.05) is 26.7 Å². The fourth-order valence-corrected chi connectivity index (χ4v) is 5.29. The van der Waals surface area contributed by atoms with Crippen molar-refractivity contribution in [2.45, 2.75) is 31.7 Å². The van der Waals surface area contributed by atoms with Gasteiger partial charge in [-0.15, -0.1) is 0 Å². The van der Waals surface area contributed by atoms with E-state index in [4.69, 9.17) is 4.74 Å². The molecule has 1 N–H and O–H groups in total. The summed E-state index contributed by atoms with van der Waals surface area (Å²) in [5.41, 5.74) is 2.21. The average Bonchev–Trinajstić information content (AvgIpc) is 3.24. The molecule has 29 heavy (non-hydrogen) atoms. The molecule has 5 rings (SSSR count). The molecule has 2 amide bonds. The van der Waals surface area contributed by atoms with Crippen molar-refractivity contribution in [1.29, 1.82) is 0 Å². The summed E-state index contributed by atoms with van der Waals surface area (Å²) in [5.74, 6) is 1.85. The number of hydrogen-bond acceptors (Lipinski definition) is 4. The zero-order valence-electron chi connectivity index (χ0n) is 16.6. The molecule has 3 fully saturated rings. The van der Waals surface area contributed by atoms with E-state index < -0.39 is 0 Å². The Balaban J connectivity index is 1.31. The van der Waals surface area contributed by atoms with Crippen LogP contribution in [-0.2, 0) is 4.79 Å². The highest BCUT2D eigenvalue weighted by Crippen LogP contribution is 2.38. The summed E-state index contributed by atoms with van der Waals surface area (Å²) in [6, 6.07) is 9.76. The average molecular weight is 394 g/mol. The fraction of sp³-hybridized carbons (Fsp3) is 0.500. The Morgan fingerprint density at radius 1 is 1.21 bits per heavy atom. The van der Waals surface area contributed by atoms with Crippen LogP contribution in [0.5, 0.6) is 5.75 Å². The lowest BCUT2D eigenvalue weighted by Gasteiger charge is -2.52. The van der Waals surface area contributed by atoms with Crippen LogP contribution in [0.2, 0.25) is 0 Å². The van der Waals surface area contributed by atoms with Crippen LogP contribution in [0, 0.1) is 11.8 Å². The number of nitrogens with one attached hydrogen (secondary N) is 1. The van der Waals surface area contributed by atoms with Crippen LogP contribution in [0.25, 0.3) is 11.3 Å². The van der Waals surface area contributed by atoms with E-state index in [1.54, 1.807) is 7.11 Å².